The van der Waals surface area contributed by atoms with Crippen molar-refractivity contribution in [3.63, 3.8) is 0 Å². The number of carbonyl (C=O) groups excluding carboxylic acids is 1. The Labute approximate surface area is 169 Å². The third-order valence-electron chi connectivity index (χ3n) is 5.29. The van der Waals surface area contributed by atoms with Crippen LogP contribution in [0.25, 0.3) is 0 Å². The highest BCUT2D eigenvalue weighted by molar-refractivity contribution is 7.11. The average Bonchev–Trinajstić information content (AvgIpc) is 2.76. The van der Waals surface area contributed by atoms with Gasteiger partial charge in [0.05, 0.1) is 6.61 Å². The first-order chi connectivity index (χ1) is 13.8. The summed E-state index contributed by atoms with van der Waals surface area (Å²) in [7, 11) is -2.17. The Morgan fingerprint density at radius 3 is 1.54 bits per heavy atom. The van der Waals surface area contributed by atoms with E-state index in [9.17, 15) is 4.79 Å². The van der Waals surface area contributed by atoms with E-state index in [0.29, 0.717) is 13.0 Å². The van der Waals surface area contributed by atoms with Crippen LogP contribution in [-0.4, -0.2) is 20.7 Å². The fourth-order valence-electron chi connectivity index (χ4n) is 3.99. The Morgan fingerprint density at radius 2 is 1.14 bits per heavy atom. The standard InChI is InChI=1S/C25H28O2Si/c1-2-27-25(26)20-12-13-21-28(22-14-6-3-7-15-22,23-16-8-4-9-17-23)24-18-10-5-11-19-24/h3-11,14-19H,2,12-13,20-21H2,1H3. The zero-order valence-corrected chi connectivity index (χ0v) is 17.5. The van der Waals surface area contributed by atoms with Crippen LogP contribution >= 0.6 is 0 Å². The molecule has 0 saturated heterocycles. The van der Waals surface area contributed by atoms with Crippen molar-refractivity contribution in [1.82, 2.24) is 0 Å². The second-order valence-electron chi connectivity index (χ2n) is 7.02. The van der Waals surface area contributed by atoms with Gasteiger partial charge in [0.1, 0.15) is 8.07 Å². The number of esters is 1. The highest BCUT2D eigenvalue weighted by Gasteiger charge is 2.38. The smallest absolute Gasteiger partial charge is 0.305 e. The summed E-state index contributed by atoms with van der Waals surface area (Å²) in [5, 5.41) is 4.26. The first-order valence-electron chi connectivity index (χ1n) is 10.1. The predicted octanol–water partition coefficient (Wildman–Crippen LogP) is 3.89. The van der Waals surface area contributed by atoms with Crippen LogP contribution in [0.3, 0.4) is 0 Å². The molecule has 0 radical (unpaired) electrons. The molecule has 3 aromatic rings. The molecule has 0 heterocycles. The lowest BCUT2D eigenvalue weighted by atomic mass is 10.2. The minimum Gasteiger partial charge on any atom is -0.466 e. The maximum atomic E-state index is 11.8. The number of benzene rings is 3. The van der Waals surface area contributed by atoms with Crippen LogP contribution < -0.4 is 15.6 Å². The summed E-state index contributed by atoms with van der Waals surface area (Å²) in [4.78, 5) is 11.8. The second kappa shape index (κ2) is 10.0. The van der Waals surface area contributed by atoms with Gasteiger partial charge in [0.15, 0.2) is 0 Å². The zero-order valence-electron chi connectivity index (χ0n) is 16.5. The predicted molar refractivity (Wildman–Crippen MR) is 119 cm³/mol. The van der Waals surface area contributed by atoms with Crippen LogP contribution in [0, 0.1) is 0 Å². The van der Waals surface area contributed by atoms with Crippen LogP contribution in [-0.2, 0) is 9.53 Å². The van der Waals surface area contributed by atoms with Gasteiger partial charge >= 0.3 is 5.97 Å². The minimum atomic E-state index is -2.17. The summed E-state index contributed by atoms with van der Waals surface area (Å²) in [5.41, 5.74) is 0. The van der Waals surface area contributed by atoms with Crippen LogP contribution in [0.2, 0.25) is 6.04 Å². The van der Waals surface area contributed by atoms with Gasteiger partial charge in [-0.3, -0.25) is 4.79 Å². The van der Waals surface area contributed by atoms with E-state index in [1.165, 1.54) is 15.6 Å². The molecule has 0 aromatic heterocycles. The van der Waals surface area contributed by atoms with Gasteiger partial charge in [-0.1, -0.05) is 97.4 Å². The van der Waals surface area contributed by atoms with Crippen LogP contribution in [0.1, 0.15) is 26.2 Å². The van der Waals surface area contributed by atoms with Crippen molar-refractivity contribution in [2.75, 3.05) is 6.61 Å². The molecule has 0 bridgehead atoms. The van der Waals surface area contributed by atoms with Gasteiger partial charge < -0.3 is 4.74 Å². The molecule has 0 spiro atoms. The zero-order chi connectivity index (χ0) is 19.7. The van der Waals surface area contributed by atoms with Gasteiger partial charge in [0.25, 0.3) is 0 Å². The highest BCUT2D eigenvalue weighted by atomic mass is 28.3. The van der Waals surface area contributed by atoms with E-state index < -0.39 is 8.07 Å². The van der Waals surface area contributed by atoms with Gasteiger partial charge in [-0.25, -0.2) is 0 Å². The number of hydrogen-bond acceptors (Lipinski definition) is 2. The van der Waals surface area contributed by atoms with Gasteiger partial charge in [0.2, 0.25) is 0 Å². The van der Waals surface area contributed by atoms with Crippen molar-refractivity contribution >= 4 is 29.6 Å². The number of hydrogen-bond donors (Lipinski definition) is 0. The van der Waals surface area contributed by atoms with E-state index in [0.717, 1.165) is 18.9 Å². The normalized spacial score (nSPS) is 11.2. The quantitative estimate of drug-likeness (QED) is 0.241. The largest absolute Gasteiger partial charge is 0.466 e. The lowest BCUT2D eigenvalue weighted by molar-refractivity contribution is -0.143. The molecule has 0 fully saturated rings. The Bertz CT molecular complexity index is 751. The number of rotatable bonds is 9. The van der Waals surface area contributed by atoms with E-state index in [1.54, 1.807) is 0 Å². The van der Waals surface area contributed by atoms with Crippen molar-refractivity contribution in [3.8, 4) is 0 Å². The molecule has 3 aromatic carbocycles. The lowest BCUT2D eigenvalue weighted by Crippen LogP contribution is -2.66. The van der Waals surface area contributed by atoms with Crippen LogP contribution in [0.5, 0.6) is 0 Å². The summed E-state index contributed by atoms with van der Waals surface area (Å²) >= 11 is 0. The molecule has 3 heteroatoms. The van der Waals surface area contributed by atoms with Crippen molar-refractivity contribution < 1.29 is 9.53 Å². The second-order valence-corrected chi connectivity index (χ2v) is 11.1. The molecule has 0 unspecified atom stereocenters. The molecule has 0 N–H and O–H groups in total. The molecule has 0 aliphatic heterocycles. The molecule has 28 heavy (non-hydrogen) atoms. The summed E-state index contributed by atoms with van der Waals surface area (Å²) in [6, 6.07) is 33.8. The van der Waals surface area contributed by atoms with E-state index >= 15 is 0 Å². The SMILES string of the molecule is CCOC(=O)CCCC[Si](c1ccccc1)(c1ccccc1)c1ccccc1. The van der Waals surface area contributed by atoms with Gasteiger partial charge in [-0.15, -0.1) is 0 Å². The summed E-state index contributed by atoms with van der Waals surface area (Å²) < 4.78 is 5.10. The van der Waals surface area contributed by atoms with Crippen molar-refractivity contribution in [3.05, 3.63) is 91.0 Å². The molecule has 144 valence electrons. The Morgan fingerprint density at radius 1 is 0.714 bits per heavy atom. The van der Waals surface area contributed by atoms with Gasteiger partial charge in [-0.05, 0) is 34.9 Å². The van der Waals surface area contributed by atoms with Crippen LogP contribution in [0.4, 0.5) is 0 Å². The fourth-order valence-corrected chi connectivity index (χ4v) is 8.92. The monoisotopic (exact) mass is 388 g/mol. The third kappa shape index (κ3) is 4.60. The van der Waals surface area contributed by atoms with Crippen LogP contribution in [0.15, 0.2) is 91.0 Å². The Kier molecular flexibility index (Phi) is 7.21. The summed E-state index contributed by atoms with van der Waals surface area (Å²) in [6.45, 7) is 2.31. The Balaban J connectivity index is 1.98. The van der Waals surface area contributed by atoms with Crippen molar-refractivity contribution in [1.29, 1.82) is 0 Å². The van der Waals surface area contributed by atoms with Crippen molar-refractivity contribution in [2.45, 2.75) is 32.2 Å². The molecule has 0 saturated carbocycles. The first-order valence-corrected chi connectivity index (χ1v) is 12.3. The number of unbranched alkanes of at least 4 members (excludes halogenated alkanes) is 1. The van der Waals surface area contributed by atoms with E-state index in [2.05, 4.69) is 91.0 Å². The average molecular weight is 389 g/mol. The maximum absolute atomic E-state index is 11.8. The number of carbonyl (C=O) groups is 1. The number of ether oxygens (including phenoxy) is 1. The molecular weight excluding hydrogens is 360 g/mol. The lowest BCUT2D eigenvalue weighted by Gasteiger charge is -2.34. The molecule has 3 rings (SSSR count). The maximum Gasteiger partial charge on any atom is 0.305 e. The molecular formula is C25H28O2Si. The van der Waals surface area contributed by atoms with Crippen molar-refractivity contribution in [2.24, 2.45) is 0 Å². The third-order valence-corrected chi connectivity index (χ3v) is 10.3. The highest BCUT2D eigenvalue weighted by Crippen LogP contribution is 2.17. The molecule has 0 amide bonds. The van der Waals surface area contributed by atoms with E-state index in [-0.39, 0.29) is 5.97 Å². The van der Waals surface area contributed by atoms with Gasteiger partial charge in [0, 0.05) is 6.42 Å². The van der Waals surface area contributed by atoms with E-state index in [1.807, 2.05) is 6.92 Å². The molecule has 2 nitrogen and oxygen atoms in total. The van der Waals surface area contributed by atoms with E-state index in [4.69, 9.17) is 4.74 Å². The molecule has 0 aliphatic rings. The summed E-state index contributed by atoms with van der Waals surface area (Å²) in [6.07, 6.45) is 2.36. The fraction of sp³-hybridized carbons (Fsp3) is 0.240. The summed E-state index contributed by atoms with van der Waals surface area (Å²) in [5.74, 6) is -0.0890. The first kappa shape index (κ1) is 20.1. The minimum absolute atomic E-state index is 0.0890. The topological polar surface area (TPSA) is 26.3 Å². The Hall–Kier alpha value is -2.65. The molecule has 0 aliphatic carbocycles. The molecule has 0 atom stereocenters. The van der Waals surface area contributed by atoms with Gasteiger partial charge in [-0.2, -0.15) is 0 Å².